The first-order chi connectivity index (χ1) is 9.63. The van der Waals surface area contributed by atoms with Gasteiger partial charge in [0.15, 0.2) is 11.7 Å². The van der Waals surface area contributed by atoms with Crippen molar-refractivity contribution >= 4 is 17.3 Å². The van der Waals surface area contributed by atoms with Gasteiger partial charge >= 0.3 is 0 Å². The van der Waals surface area contributed by atoms with E-state index >= 15 is 0 Å². The van der Waals surface area contributed by atoms with Gasteiger partial charge in [-0.3, -0.25) is 10.5 Å². The van der Waals surface area contributed by atoms with Gasteiger partial charge in [0.25, 0.3) is 0 Å². The maximum Gasteiger partial charge on any atom is 0.190 e. The molecule has 0 saturated carbocycles. The van der Waals surface area contributed by atoms with E-state index in [-0.39, 0.29) is 11.7 Å². The Kier molecular flexibility index (Phi) is 4.44. The molecule has 0 unspecified atom stereocenters. The highest BCUT2D eigenvalue weighted by atomic mass is 16.3. The summed E-state index contributed by atoms with van der Waals surface area (Å²) in [7, 11) is 0. The molecule has 5 heteroatoms. The normalized spacial score (nSPS) is 10.0. The molecule has 0 bridgehead atoms. The highest BCUT2D eigenvalue weighted by Crippen LogP contribution is 2.14. The molecule has 0 saturated heterocycles. The smallest absolute Gasteiger partial charge is 0.190 e. The van der Waals surface area contributed by atoms with E-state index in [0.717, 1.165) is 29.9 Å². The van der Waals surface area contributed by atoms with Crippen LogP contribution in [0, 0.1) is 5.41 Å². The van der Waals surface area contributed by atoms with Gasteiger partial charge in [0.2, 0.25) is 0 Å². The van der Waals surface area contributed by atoms with Gasteiger partial charge < -0.3 is 16.4 Å². The molecule has 0 atom stereocenters. The lowest BCUT2D eigenvalue weighted by molar-refractivity contribution is 0.355. The van der Waals surface area contributed by atoms with E-state index in [0.29, 0.717) is 0 Å². The van der Waals surface area contributed by atoms with E-state index in [1.165, 1.54) is 0 Å². The summed E-state index contributed by atoms with van der Waals surface area (Å²) in [5.41, 5.74) is 8.17. The molecule has 0 aromatic heterocycles. The van der Waals surface area contributed by atoms with Crippen LogP contribution in [-0.4, -0.2) is 12.5 Å². The number of hydrogen-bond acceptors (Lipinski definition) is 2. The van der Waals surface area contributed by atoms with Crippen molar-refractivity contribution in [1.82, 2.24) is 0 Å². The number of benzene rings is 2. The van der Waals surface area contributed by atoms with Crippen LogP contribution < -0.4 is 16.4 Å². The standard InChI is InChI=1S/C15H17N4O/c16-15(17)19-13-5-3-12(4-6-13)18-10-9-11-1-7-14(20)8-2-11/h1-8,18H,9-10H2,(H4,16,17,19). The topological polar surface area (TPSA) is 93.8 Å². The summed E-state index contributed by atoms with van der Waals surface area (Å²) in [4.78, 5) is 0. The van der Waals surface area contributed by atoms with Gasteiger partial charge in [-0.05, 0) is 48.4 Å². The third-order valence-corrected chi connectivity index (χ3v) is 2.83. The first kappa shape index (κ1) is 13.7. The Morgan fingerprint density at radius 3 is 2.20 bits per heavy atom. The monoisotopic (exact) mass is 269 g/mol. The van der Waals surface area contributed by atoms with Crippen LogP contribution in [0.15, 0.2) is 48.5 Å². The van der Waals surface area contributed by atoms with E-state index < -0.39 is 0 Å². The fraction of sp³-hybridized carbons (Fsp3) is 0.133. The zero-order chi connectivity index (χ0) is 14.4. The molecular formula is C15H17N4O. The van der Waals surface area contributed by atoms with Gasteiger partial charge in [0, 0.05) is 17.9 Å². The third-order valence-electron chi connectivity index (χ3n) is 2.83. The Morgan fingerprint density at radius 2 is 1.60 bits per heavy atom. The number of hydrogen-bond donors (Lipinski definition) is 4. The first-order valence-corrected chi connectivity index (χ1v) is 6.34. The van der Waals surface area contributed by atoms with Crippen LogP contribution in [0.2, 0.25) is 0 Å². The molecule has 20 heavy (non-hydrogen) atoms. The zero-order valence-corrected chi connectivity index (χ0v) is 11.0. The van der Waals surface area contributed by atoms with Gasteiger partial charge in [0.1, 0.15) is 0 Å². The first-order valence-electron chi connectivity index (χ1n) is 6.34. The summed E-state index contributed by atoms with van der Waals surface area (Å²) >= 11 is 0. The summed E-state index contributed by atoms with van der Waals surface area (Å²) in [6, 6.07) is 14.4. The molecule has 2 rings (SSSR count). The van der Waals surface area contributed by atoms with Gasteiger partial charge in [-0.15, -0.1) is 0 Å². The number of rotatable bonds is 5. The summed E-state index contributed by atoms with van der Waals surface area (Å²) in [5.74, 6) is -0.0391. The molecule has 103 valence electrons. The Bertz CT molecular complexity index is 563. The second-order valence-electron chi connectivity index (χ2n) is 4.44. The minimum atomic E-state index is -0.0764. The van der Waals surface area contributed by atoms with E-state index in [4.69, 9.17) is 11.1 Å². The molecule has 0 aliphatic carbocycles. The Labute approximate surface area is 118 Å². The molecule has 0 aliphatic rings. The fourth-order valence-corrected chi connectivity index (χ4v) is 1.83. The highest BCUT2D eigenvalue weighted by molar-refractivity contribution is 5.89. The van der Waals surface area contributed by atoms with Crippen molar-refractivity contribution in [3.05, 3.63) is 54.1 Å². The van der Waals surface area contributed by atoms with Crippen molar-refractivity contribution in [3.63, 3.8) is 0 Å². The van der Waals surface area contributed by atoms with Crippen LogP contribution >= 0.6 is 0 Å². The molecule has 1 radical (unpaired) electrons. The van der Waals surface area contributed by atoms with Crippen LogP contribution in [0.4, 0.5) is 11.4 Å². The lowest BCUT2D eigenvalue weighted by atomic mass is 10.1. The lowest BCUT2D eigenvalue weighted by Gasteiger charge is -2.08. The molecule has 2 aromatic rings. The maximum atomic E-state index is 11.0. The Balaban J connectivity index is 1.82. The van der Waals surface area contributed by atoms with E-state index in [1.54, 1.807) is 12.1 Å². The largest absolute Gasteiger partial charge is 0.385 e. The Hall–Kier alpha value is -2.69. The fourth-order valence-electron chi connectivity index (χ4n) is 1.83. The van der Waals surface area contributed by atoms with Crippen LogP contribution in [0.1, 0.15) is 5.56 Å². The van der Waals surface area contributed by atoms with Crippen molar-refractivity contribution in [2.24, 2.45) is 5.73 Å². The molecule has 5 nitrogen and oxygen atoms in total. The molecule has 0 aliphatic heterocycles. The average molecular weight is 269 g/mol. The van der Waals surface area contributed by atoms with Crippen LogP contribution in [0.3, 0.4) is 0 Å². The Morgan fingerprint density at radius 1 is 1.00 bits per heavy atom. The average Bonchev–Trinajstić information content (AvgIpc) is 2.42. The summed E-state index contributed by atoms with van der Waals surface area (Å²) < 4.78 is 0. The molecule has 0 spiro atoms. The van der Waals surface area contributed by atoms with Crippen LogP contribution in [-0.2, 0) is 11.5 Å². The van der Waals surface area contributed by atoms with Gasteiger partial charge in [-0.25, -0.2) is 0 Å². The highest BCUT2D eigenvalue weighted by Gasteiger charge is 1.97. The van der Waals surface area contributed by atoms with Crippen molar-refractivity contribution in [1.29, 1.82) is 5.41 Å². The lowest BCUT2D eigenvalue weighted by Crippen LogP contribution is -2.20. The minimum Gasteiger partial charge on any atom is -0.385 e. The van der Waals surface area contributed by atoms with Crippen molar-refractivity contribution in [2.75, 3.05) is 17.2 Å². The number of nitrogens with two attached hydrogens (primary N) is 1. The summed E-state index contributed by atoms with van der Waals surface area (Å²) in [6.07, 6.45) is 0.855. The van der Waals surface area contributed by atoms with Gasteiger partial charge in [0.05, 0.1) is 0 Å². The second-order valence-corrected chi connectivity index (χ2v) is 4.44. The maximum absolute atomic E-state index is 11.0. The zero-order valence-electron chi connectivity index (χ0n) is 11.0. The summed E-state index contributed by atoms with van der Waals surface area (Å²) in [6.45, 7) is 0.789. The number of anilines is 2. The predicted octanol–water partition coefficient (Wildman–Crippen LogP) is 2.79. The minimum absolute atomic E-state index is 0.0373. The molecule has 0 fully saturated rings. The quantitative estimate of drug-likeness (QED) is 0.496. The SMILES string of the molecule is N=C(N)Nc1ccc(NCCc2ccc([O])cc2)cc1. The van der Waals surface area contributed by atoms with Crippen molar-refractivity contribution in [2.45, 2.75) is 6.42 Å². The summed E-state index contributed by atoms with van der Waals surface area (Å²) in [5, 5.41) is 24.1. The van der Waals surface area contributed by atoms with E-state index in [1.807, 2.05) is 36.4 Å². The van der Waals surface area contributed by atoms with E-state index in [2.05, 4.69) is 10.6 Å². The van der Waals surface area contributed by atoms with Gasteiger partial charge in [-0.1, -0.05) is 12.1 Å². The van der Waals surface area contributed by atoms with Crippen LogP contribution in [0.5, 0.6) is 5.75 Å². The number of guanidine groups is 1. The molecule has 0 heterocycles. The molecular weight excluding hydrogens is 252 g/mol. The molecule has 5 N–H and O–H groups in total. The predicted molar refractivity (Wildman–Crippen MR) is 80.7 cm³/mol. The van der Waals surface area contributed by atoms with Gasteiger partial charge in [-0.2, -0.15) is 0 Å². The molecule has 0 amide bonds. The number of nitrogens with one attached hydrogen (secondary N) is 3. The second kappa shape index (κ2) is 6.47. The van der Waals surface area contributed by atoms with E-state index in [9.17, 15) is 5.11 Å². The third kappa shape index (κ3) is 4.20. The van der Waals surface area contributed by atoms with Crippen molar-refractivity contribution in [3.8, 4) is 5.75 Å². The van der Waals surface area contributed by atoms with Crippen molar-refractivity contribution < 1.29 is 5.11 Å². The molecule has 2 aromatic carbocycles. The van der Waals surface area contributed by atoms with Crippen LogP contribution in [0.25, 0.3) is 0 Å².